The molecule has 0 amide bonds. The van der Waals surface area contributed by atoms with Crippen LogP contribution < -0.4 is 5.56 Å². The lowest BCUT2D eigenvalue weighted by molar-refractivity contribution is 0.509. The van der Waals surface area contributed by atoms with Crippen molar-refractivity contribution in [3.63, 3.8) is 0 Å². The Balaban J connectivity index is 1.64. The summed E-state index contributed by atoms with van der Waals surface area (Å²) >= 11 is 9.63. The molecule has 4 nitrogen and oxygen atoms in total. The Morgan fingerprint density at radius 1 is 1.27 bits per heavy atom. The summed E-state index contributed by atoms with van der Waals surface area (Å²) in [7, 11) is 0. The molecule has 5 rings (SSSR count). The summed E-state index contributed by atoms with van der Waals surface area (Å²) in [5.41, 5.74) is 4.57. The van der Waals surface area contributed by atoms with Gasteiger partial charge < -0.3 is 0 Å². The maximum absolute atomic E-state index is 13.9. The zero-order valence-corrected chi connectivity index (χ0v) is 20.8. The van der Waals surface area contributed by atoms with Crippen LogP contribution in [0.2, 0.25) is 5.02 Å². The van der Waals surface area contributed by atoms with E-state index in [1.54, 1.807) is 15.9 Å². The third kappa shape index (κ3) is 4.21. The fourth-order valence-corrected chi connectivity index (χ4v) is 6.81. The highest BCUT2D eigenvalue weighted by Crippen LogP contribution is 2.37. The minimum atomic E-state index is -0.0192. The SMILES string of the molecule is Cc1ccc(-n2c(SCc3ccc(C#N)cc3)nc3sc4c(c3c2=O)CCC(C)C4)cc1Cl. The van der Waals surface area contributed by atoms with E-state index in [-0.39, 0.29) is 5.56 Å². The van der Waals surface area contributed by atoms with E-state index in [4.69, 9.17) is 21.8 Å². The molecule has 33 heavy (non-hydrogen) atoms. The first-order valence-electron chi connectivity index (χ1n) is 10.9. The van der Waals surface area contributed by atoms with Crippen molar-refractivity contribution in [3.8, 4) is 11.8 Å². The quantitative estimate of drug-likeness (QED) is 0.235. The zero-order valence-electron chi connectivity index (χ0n) is 18.4. The van der Waals surface area contributed by atoms with Gasteiger partial charge in [0.05, 0.1) is 22.7 Å². The molecule has 0 bridgehead atoms. The molecule has 166 valence electrons. The maximum Gasteiger partial charge on any atom is 0.267 e. The molecule has 7 heteroatoms. The van der Waals surface area contributed by atoms with Crippen LogP contribution in [0.1, 0.15) is 40.5 Å². The number of aromatic nitrogens is 2. The van der Waals surface area contributed by atoms with E-state index in [1.807, 2.05) is 49.4 Å². The van der Waals surface area contributed by atoms with Gasteiger partial charge in [-0.1, -0.05) is 48.5 Å². The Morgan fingerprint density at radius 3 is 2.79 bits per heavy atom. The number of halogens is 1. The Hall–Kier alpha value is -2.59. The van der Waals surface area contributed by atoms with E-state index in [2.05, 4.69) is 13.0 Å². The molecule has 0 saturated heterocycles. The number of thioether (sulfide) groups is 1. The molecule has 2 heterocycles. The van der Waals surface area contributed by atoms with Gasteiger partial charge in [-0.05, 0) is 73.1 Å². The normalized spacial score (nSPS) is 15.4. The first kappa shape index (κ1) is 22.2. The van der Waals surface area contributed by atoms with Crippen molar-refractivity contribution in [1.82, 2.24) is 9.55 Å². The van der Waals surface area contributed by atoms with Crippen molar-refractivity contribution < 1.29 is 0 Å². The molecule has 2 aromatic carbocycles. The number of fused-ring (bicyclic) bond motifs is 3. The lowest BCUT2D eigenvalue weighted by atomic mass is 9.89. The Labute approximate surface area is 205 Å². The molecular formula is C26H22ClN3OS2. The molecule has 0 aliphatic heterocycles. The van der Waals surface area contributed by atoms with E-state index in [0.29, 0.717) is 27.4 Å². The summed E-state index contributed by atoms with van der Waals surface area (Å²) < 4.78 is 1.72. The molecule has 4 aromatic rings. The summed E-state index contributed by atoms with van der Waals surface area (Å²) in [5.74, 6) is 1.28. The largest absolute Gasteiger partial charge is 0.268 e. The highest BCUT2D eigenvalue weighted by Gasteiger charge is 2.25. The number of benzene rings is 2. The lowest BCUT2D eigenvalue weighted by Gasteiger charge is -2.18. The fourth-order valence-electron chi connectivity index (χ4n) is 4.24. The second kappa shape index (κ2) is 8.98. The van der Waals surface area contributed by atoms with Gasteiger partial charge in [0.25, 0.3) is 5.56 Å². The third-order valence-electron chi connectivity index (χ3n) is 6.16. The standard InChI is InChI=1S/C26H22ClN3OS2/c1-15-3-10-20-22(11-15)33-24-23(20)25(31)30(19-9-4-16(2)21(27)12-19)26(29-24)32-14-18-7-5-17(13-28)6-8-18/h4-9,12,15H,3,10-11,14H2,1-2H3. The molecule has 2 aromatic heterocycles. The monoisotopic (exact) mass is 491 g/mol. The second-order valence-electron chi connectivity index (χ2n) is 8.60. The van der Waals surface area contributed by atoms with Gasteiger partial charge in [0.1, 0.15) is 4.83 Å². The van der Waals surface area contributed by atoms with Gasteiger partial charge in [0.2, 0.25) is 0 Å². The Morgan fingerprint density at radius 2 is 2.06 bits per heavy atom. The summed E-state index contributed by atoms with van der Waals surface area (Å²) in [6.07, 6.45) is 3.05. The minimum absolute atomic E-state index is 0.0192. The second-order valence-corrected chi connectivity index (χ2v) is 11.0. The predicted molar refractivity (Wildman–Crippen MR) is 137 cm³/mol. The van der Waals surface area contributed by atoms with Crippen LogP contribution in [0.5, 0.6) is 0 Å². The van der Waals surface area contributed by atoms with Crippen molar-refractivity contribution in [2.75, 3.05) is 0 Å². The van der Waals surface area contributed by atoms with Crippen LogP contribution in [-0.2, 0) is 18.6 Å². The highest BCUT2D eigenvalue weighted by molar-refractivity contribution is 7.98. The molecule has 0 fully saturated rings. The molecule has 1 aliphatic carbocycles. The van der Waals surface area contributed by atoms with Crippen molar-refractivity contribution >= 4 is 44.9 Å². The fraction of sp³-hybridized carbons (Fsp3) is 0.269. The van der Waals surface area contributed by atoms with Gasteiger partial charge in [-0.15, -0.1) is 11.3 Å². The van der Waals surface area contributed by atoms with Crippen LogP contribution in [0.15, 0.2) is 52.4 Å². The molecule has 1 unspecified atom stereocenters. The van der Waals surface area contributed by atoms with Crippen LogP contribution in [0.3, 0.4) is 0 Å². The highest BCUT2D eigenvalue weighted by atomic mass is 35.5. The van der Waals surface area contributed by atoms with Crippen LogP contribution in [0.25, 0.3) is 15.9 Å². The zero-order chi connectivity index (χ0) is 23.1. The van der Waals surface area contributed by atoms with Crippen LogP contribution in [0, 0.1) is 24.2 Å². The van der Waals surface area contributed by atoms with Crippen molar-refractivity contribution in [2.24, 2.45) is 5.92 Å². The average Bonchev–Trinajstić information content (AvgIpc) is 3.17. The minimum Gasteiger partial charge on any atom is -0.268 e. The van der Waals surface area contributed by atoms with Crippen molar-refractivity contribution in [1.29, 1.82) is 5.26 Å². The van der Waals surface area contributed by atoms with E-state index in [1.165, 1.54) is 22.2 Å². The molecule has 0 radical (unpaired) electrons. The number of hydrogen-bond acceptors (Lipinski definition) is 5. The number of rotatable bonds is 4. The Bertz CT molecular complexity index is 1460. The van der Waals surface area contributed by atoms with E-state index < -0.39 is 0 Å². The van der Waals surface area contributed by atoms with Crippen molar-refractivity contribution in [2.45, 2.75) is 44.0 Å². The predicted octanol–water partition coefficient (Wildman–Crippen LogP) is 6.70. The summed E-state index contributed by atoms with van der Waals surface area (Å²) in [6.45, 7) is 4.22. The van der Waals surface area contributed by atoms with Crippen LogP contribution >= 0.6 is 34.7 Å². The van der Waals surface area contributed by atoms with Crippen LogP contribution in [0.4, 0.5) is 0 Å². The van der Waals surface area contributed by atoms with Gasteiger partial charge in [-0.3, -0.25) is 9.36 Å². The van der Waals surface area contributed by atoms with Gasteiger partial charge in [-0.2, -0.15) is 5.26 Å². The molecule has 0 saturated carbocycles. The first-order valence-corrected chi connectivity index (χ1v) is 13.1. The number of nitrogens with zero attached hydrogens (tertiary/aromatic N) is 3. The van der Waals surface area contributed by atoms with E-state index >= 15 is 0 Å². The van der Waals surface area contributed by atoms with E-state index in [9.17, 15) is 4.79 Å². The van der Waals surface area contributed by atoms with Gasteiger partial charge in [0, 0.05) is 15.7 Å². The summed E-state index contributed by atoms with van der Waals surface area (Å²) in [6, 6.07) is 15.4. The molecule has 1 atom stereocenters. The molecule has 0 spiro atoms. The summed E-state index contributed by atoms with van der Waals surface area (Å²) in [5, 5.41) is 11.1. The van der Waals surface area contributed by atoms with Crippen LogP contribution in [-0.4, -0.2) is 9.55 Å². The van der Waals surface area contributed by atoms with Crippen molar-refractivity contribution in [3.05, 3.63) is 85.0 Å². The first-order chi connectivity index (χ1) is 15.9. The topological polar surface area (TPSA) is 58.7 Å². The average molecular weight is 492 g/mol. The van der Waals surface area contributed by atoms with Gasteiger partial charge in [0.15, 0.2) is 5.16 Å². The number of aryl methyl sites for hydroxylation is 2. The Kier molecular flexibility index (Phi) is 6.05. The summed E-state index contributed by atoms with van der Waals surface area (Å²) in [4.78, 5) is 21.0. The molecular weight excluding hydrogens is 470 g/mol. The smallest absolute Gasteiger partial charge is 0.267 e. The third-order valence-corrected chi connectivity index (χ3v) is 8.73. The maximum atomic E-state index is 13.9. The number of nitriles is 1. The molecule has 0 N–H and O–H groups in total. The van der Waals surface area contributed by atoms with E-state index in [0.717, 1.165) is 46.3 Å². The number of hydrogen-bond donors (Lipinski definition) is 0. The van der Waals surface area contributed by atoms with Gasteiger partial charge >= 0.3 is 0 Å². The lowest BCUT2D eigenvalue weighted by Crippen LogP contribution is -2.22. The number of thiophene rings is 1. The van der Waals surface area contributed by atoms with Gasteiger partial charge in [-0.25, -0.2) is 4.98 Å². The molecule has 1 aliphatic rings.